The van der Waals surface area contributed by atoms with Crippen LogP contribution in [0.2, 0.25) is 0 Å². The Bertz CT molecular complexity index is 1270. The number of carboxylic acid groups (broad SMARTS) is 1. The molecule has 146 valence electrons. The predicted octanol–water partition coefficient (Wildman–Crippen LogP) is 2.11. The van der Waals surface area contributed by atoms with Gasteiger partial charge in [0, 0.05) is 18.1 Å². The average molecular weight is 439 g/mol. The van der Waals surface area contributed by atoms with E-state index in [1.165, 1.54) is 48.7 Å². The normalized spacial score (nSPS) is 11.9. The van der Waals surface area contributed by atoms with E-state index < -0.39 is 25.8 Å². The van der Waals surface area contributed by atoms with Gasteiger partial charge in [-0.2, -0.15) is 0 Å². The number of anilines is 1. The summed E-state index contributed by atoms with van der Waals surface area (Å²) in [6, 6.07) is 9.73. The second-order valence-electron chi connectivity index (χ2n) is 5.61. The second-order valence-corrected chi connectivity index (χ2v) is 10.5. The smallest absolute Gasteiger partial charge is 0.335 e. The van der Waals surface area contributed by atoms with E-state index in [0.717, 1.165) is 17.6 Å². The third-order valence-corrected chi connectivity index (χ3v) is 7.27. The zero-order chi connectivity index (χ0) is 20.5. The highest BCUT2D eigenvalue weighted by Crippen LogP contribution is 2.31. The zero-order valence-electron chi connectivity index (χ0n) is 14.2. The lowest BCUT2D eigenvalue weighted by Crippen LogP contribution is -2.12. The maximum Gasteiger partial charge on any atom is 0.335 e. The summed E-state index contributed by atoms with van der Waals surface area (Å²) in [5.41, 5.74) is 0.326. The molecule has 0 saturated heterocycles. The van der Waals surface area contributed by atoms with Gasteiger partial charge in [-0.1, -0.05) is 6.07 Å². The first-order valence-corrected chi connectivity index (χ1v) is 11.7. The quantitative estimate of drug-likeness (QED) is 0.556. The van der Waals surface area contributed by atoms with Crippen molar-refractivity contribution >= 4 is 42.9 Å². The molecule has 0 saturated carbocycles. The molecule has 3 rings (SSSR count). The van der Waals surface area contributed by atoms with Crippen LogP contribution in [0.5, 0.6) is 0 Å². The minimum atomic E-state index is -3.97. The van der Waals surface area contributed by atoms with E-state index in [1.54, 1.807) is 0 Å². The summed E-state index contributed by atoms with van der Waals surface area (Å²) in [5.74, 6) is -1.18. The molecule has 3 aromatic rings. The number of aromatic nitrogens is 2. The molecule has 12 heteroatoms. The van der Waals surface area contributed by atoms with Gasteiger partial charge in [0.15, 0.2) is 0 Å². The third kappa shape index (κ3) is 4.35. The van der Waals surface area contributed by atoms with Crippen LogP contribution in [0, 0.1) is 0 Å². The fourth-order valence-corrected chi connectivity index (χ4v) is 5.02. The Balaban J connectivity index is 1.91. The highest BCUT2D eigenvalue weighted by atomic mass is 32.2. The number of benzene rings is 1. The van der Waals surface area contributed by atoms with Crippen LogP contribution in [0.15, 0.2) is 58.0 Å². The van der Waals surface area contributed by atoms with Crippen molar-refractivity contribution in [3.8, 4) is 10.6 Å². The summed E-state index contributed by atoms with van der Waals surface area (Å²) in [5, 5.41) is 8.65. The van der Waals surface area contributed by atoms with E-state index in [9.17, 15) is 21.6 Å². The van der Waals surface area contributed by atoms with Crippen LogP contribution in [0.3, 0.4) is 0 Å². The second kappa shape index (κ2) is 7.30. The van der Waals surface area contributed by atoms with Crippen molar-refractivity contribution in [2.24, 2.45) is 0 Å². The number of sulfone groups is 1. The van der Waals surface area contributed by atoms with Crippen LogP contribution in [0.4, 0.5) is 5.69 Å². The van der Waals surface area contributed by atoms with Crippen molar-refractivity contribution in [3.05, 3.63) is 54.2 Å². The number of hydrogen-bond acceptors (Lipinski definition) is 8. The van der Waals surface area contributed by atoms with E-state index in [0.29, 0.717) is 4.88 Å². The van der Waals surface area contributed by atoms with E-state index in [-0.39, 0.29) is 26.3 Å². The minimum absolute atomic E-state index is 0.0391. The molecule has 28 heavy (non-hydrogen) atoms. The van der Waals surface area contributed by atoms with Crippen molar-refractivity contribution in [3.63, 3.8) is 0 Å². The number of hydrogen-bond donors (Lipinski definition) is 2. The molecule has 0 bridgehead atoms. The molecule has 0 aliphatic carbocycles. The Hall–Kier alpha value is -2.83. The molecular weight excluding hydrogens is 426 g/mol. The van der Waals surface area contributed by atoms with Crippen molar-refractivity contribution in [1.29, 1.82) is 0 Å². The Morgan fingerprint density at radius 2 is 1.86 bits per heavy atom. The molecule has 1 aromatic carbocycles. The maximum absolute atomic E-state index is 12.6. The molecule has 0 fully saturated rings. The summed E-state index contributed by atoms with van der Waals surface area (Å²) in [6.45, 7) is 0. The van der Waals surface area contributed by atoms with Crippen LogP contribution >= 0.6 is 11.3 Å². The van der Waals surface area contributed by atoms with Crippen LogP contribution in [-0.4, -0.2) is 44.1 Å². The largest absolute Gasteiger partial charge is 0.478 e. The summed E-state index contributed by atoms with van der Waals surface area (Å²) in [6.07, 6.45) is 2.26. The topological polar surface area (TPSA) is 143 Å². The predicted molar refractivity (Wildman–Crippen MR) is 103 cm³/mol. The number of nitrogens with one attached hydrogen (secondary N) is 1. The number of thiophene rings is 1. The Labute approximate surface area is 164 Å². The summed E-state index contributed by atoms with van der Waals surface area (Å²) in [7, 11) is -7.57. The van der Waals surface area contributed by atoms with Crippen molar-refractivity contribution in [2.75, 3.05) is 11.0 Å². The Morgan fingerprint density at radius 1 is 1.11 bits per heavy atom. The SMILES string of the molecule is CS(=O)(=O)c1nccc(-c2ccc(S(=O)(=O)Nc3cccc(C(=O)O)c3)s2)n1. The number of rotatable bonds is 6. The lowest BCUT2D eigenvalue weighted by Gasteiger charge is -2.06. The van der Waals surface area contributed by atoms with Crippen molar-refractivity contribution < 1.29 is 26.7 Å². The fourth-order valence-electron chi connectivity index (χ4n) is 2.18. The first kappa shape index (κ1) is 19.9. The van der Waals surface area contributed by atoms with Gasteiger partial charge in [0.25, 0.3) is 10.0 Å². The number of sulfonamides is 1. The molecule has 2 aromatic heterocycles. The van der Waals surface area contributed by atoms with Crippen LogP contribution < -0.4 is 4.72 Å². The number of aromatic carboxylic acids is 1. The lowest BCUT2D eigenvalue weighted by atomic mass is 10.2. The van der Waals surface area contributed by atoms with E-state index >= 15 is 0 Å². The lowest BCUT2D eigenvalue weighted by molar-refractivity contribution is 0.0697. The van der Waals surface area contributed by atoms with Gasteiger partial charge in [0.05, 0.1) is 16.1 Å². The van der Waals surface area contributed by atoms with Gasteiger partial charge in [0.2, 0.25) is 15.0 Å². The van der Waals surface area contributed by atoms with E-state index in [2.05, 4.69) is 14.7 Å². The molecule has 0 aliphatic heterocycles. The average Bonchev–Trinajstić information content (AvgIpc) is 3.12. The highest BCUT2D eigenvalue weighted by Gasteiger charge is 2.19. The molecule has 2 N–H and O–H groups in total. The third-order valence-electron chi connectivity index (χ3n) is 3.43. The minimum Gasteiger partial charge on any atom is -0.478 e. The monoisotopic (exact) mass is 439 g/mol. The van der Waals surface area contributed by atoms with Crippen molar-refractivity contribution in [1.82, 2.24) is 9.97 Å². The Morgan fingerprint density at radius 3 is 2.54 bits per heavy atom. The van der Waals surface area contributed by atoms with Gasteiger partial charge < -0.3 is 5.11 Å². The summed E-state index contributed by atoms with van der Waals surface area (Å²) in [4.78, 5) is 19.1. The van der Waals surface area contributed by atoms with Crippen molar-refractivity contribution in [2.45, 2.75) is 9.37 Å². The molecule has 0 aliphatic rings. The van der Waals surface area contributed by atoms with E-state index in [4.69, 9.17) is 5.11 Å². The van der Waals surface area contributed by atoms with E-state index in [1.807, 2.05) is 0 Å². The molecule has 0 spiro atoms. The zero-order valence-corrected chi connectivity index (χ0v) is 16.7. The number of carbonyl (C=O) groups is 1. The van der Waals surface area contributed by atoms with Crippen LogP contribution in [-0.2, 0) is 19.9 Å². The molecule has 0 amide bonds. The Kier molecular flexibility index (Phi) is 5.19. The molecule has 0 unspecified atom stereocenters. The molecular formula is C16H13N3O6S3. The maximum atomic E-state index is 12.6. The van der Waals surface area contributed by atoms with Gasteiger partial charge in [0.1, 0.15) is 4.21 Å². The fraction of sp³-hybridized carbons (Fsp3) is 0.0625. The van der Waals surface area contributed by atoms with Crippen LogP contribution in [0.1, 0.15) is 10.4 Å². The number of carboxylic acids is 1. The molecule has 0 radical (unpaired) electrons. The highest BCUT2D eigenvalue weighted by molar-refractivity contribution is 7.94. The van der Waals surface area contributed by atoms with Gasteiger partial charge in [-0.25, -0.2) is 31.6 Å². The number of nitrogens with zero attached hydrogens (tertiary/aromatic N) is 2. The van der Waals surface area contributed by atoms with Gasteiger partial charge >= 0.3 is 5.97 Å². The molecule has 9 nitrogen and oxygen atoms in total. The summed E-state index contributed by atoms with van der Waals surface area (Å²) < 4.78 is 50.6. The van der Waals surface area contributed by atoms with Gasteiger partial charge in [-0.15, -0.1) is 11.3 Å². The molecule has 0 atom stereocenters. The van der Waals surface area contributed by atoms with Gasteiger partial charge in [-0.3, -0.25) is 4.72 Å². The van der Waals surface area contributed by atoms with Crippen LogP contribution in [0.25, 0.3) is 10.6 Å². The summed E-state index contributed by atoms with van der Waals surface area (Å²) >= 11 is 0.890. The van der Waals surface area contributed by atoms with Gasteiger partial charge in [-0.05, 0) is 36.4 Å². The molecule has 2 heterocycles. The first-order chi connectivity index (χ1) is 13.1. The first-order valence-electron chi connectivity index (χ1n) is 7.56. The standard InChI is InChI=1S/C16H13N3O6S3/c1-27(22,23)16-17-8-7-12(18-16)13-5-6-14(26-13)28(24,25)19-11-4-2-3-10(9-11)15(20)21/h2-9,19H,1H3,(H,20,21).